The number of carbonyl (C=O) groups excluding carboxylic acids is 1. The molecule has 0 saturated carbocycles. The van der Waals surface area contributed by atoms with Crippen LogP contribution in [0.2, 0.25) is 0 Å². The molecule has 1 amide bonds. The molecule has 1 unspecified atom stereocenters. The van der Waals surface area contributed by atoms with Crippen molar-refractivity contribution in [2.24, 2.45) is 5.73 Å². The molecule has 3 aromatic rings. The fourth-order valence-corrected chi connectivity index (χ4v) is 2.74. The van der Waals surface area contributed by atoms with Gasteiger partial charge in [0.25, 0.3) is 0 Å². The van der Waals surface area contributed by atoms with Gasteiger partial charge in [0.05, 0.1) is 17.4 Å². The Morgan fingerprint density at radius 2 is 1.73 bits per heavy atom. The van der Waals surface area contributed by atoms with Gasteiger partial charge in [-0.2, -0.15) is 0 Å². The third kappa shape index (κ3) is 4.15. The van der Waals surface area contributed by atoms with Crippen LogP contribution in [-0.2, 0) is 10.3 Å². The Morgan fingerprint density at radius 3 is 2.38 bits per heavy atom. The van der Waals surface area contributed by atoms with Gasteiger partial charge < -0.3 is 11.1 Å². The Labute approximate surface area is 153 Å². The lowest BCUT2D eigenvalue weighted by atomic mass is 9.99. The number of carbonyl (C=O) groups is 1. The second-order valence-electron chi connectivity index (χ2n) is 6.78. The lowest BCUT2D eigenvalue weighted by Gasteiger charge is -2.24. The number of nitrogens with two attached hydrogens (primary N) is 1. The molecule has 0 aliphatic heterocycles. The van der Waals surface area contributed by atoms with E-state index in [1.165, 1.54) is 0 Å². The maximum Gasteiger partial charge on any atom is 0.222 e. The van der Waals surface area contributed by atoms with Crippen molar-refractivity contribution in [2.45, 2.75) is 31.8 Å². The first kappa shape index (κ1) is 17.8. The lowest BCUT2D eigenvalue weighted by molar-refractivity contribution is -0.123. The van der Waals surface area contributed by atoms with Crippen molar-refractivity contribution >= 4 is 5.91 Å². The molecule has 0 aliphatic carbocycles. The van der Waals surface area contributed by atoms with E-state index in [-0.39, 0.29) is 18.4 Å². The molecular weight excluding hydrogens is 326 g/mol. The summed E-state index contributed by atoms with van der Waals surface area (Å²) < 4.78 is 1.69. The topological polar surface area (TPSA) is 85.8 Å². The summed E-state index contributed by atoms with van der Waals surface area (Å²) in [5.41, 5.74) is 8.03. The second kappa shape index (κ2) is 7.49. The first-order valence-electron chi connectivity index (χ1n) is 8.55. The summed E-state index contributed by atoms with van der Waals surface area (Å²) in [6.45, 7) is 3.80. The maximum absolute atomic E-state index is 12.4. The zero-order chi connectivity index (χ0) is 18.6. The molecular formula is C20H23N5O. The molecule has 6 heteroatoms. The van der Waals surface area contributed by atoms with Crippen molar-refractivity contribution in [1.29, 1.82) is 0 Å². The Kier molecular flexibility index (Phi) is 5.14. The van der Waals surface area contributed by atoms with Crippen LogP contribution in [0.3, 0.4) is 0 Å². The molecule has 0 aliphatic rings. The van der Waals surface area contributed by atoms with Gasteiger partial charge in [-0.15, -0.1) is 5.10 Å². The predicted octanol–water partition coefficient (Wildman–Crippen LogP) is 2.71. The zero-order valence-electron chi connectivity index (χ0n) is 15.0. The highest BCUT2D eigenvalue weighted by Gasteiger charge is 2.27. The van der Waals surface area contributed by atoms with E-state index in [1.54, 1.807) is 4.68 Å². The van der Waals surface area contributed by atoms with E-state index in [0.29, 0.717) is 5.69 Å². The molecule has 1 atom stereocenters. The number of hydrogen-bond acceptors (Lipinski definition) is 4. The van der Waals surface area contributed by atoms with Crippen LogP contribution < -0.4 is 11.1 Å². The zero-order valence-corrected chi connectivity index (χ0v) is 15.0. The van der Waals surface area contributed by atoms with Gasteiger partial charge in [0, 0.05) is 12.5 Å². The van der Waals surface area contributed by atoms with Crippen LogP contribution in [0.15, 0.2) is 66.9 Å². The molecule has 1 heterocycles. The van der Waals surface area contributed by atoms with Gasteiger partial charge in [-0.1, -0.05) is 53.7 Å². The van der Waals surface area contributed by atoms with Crippen LogP contribution in [0.1, 0.15) is 37.6 Å². The van der Waals surface area contributed by atoms with E-state index in [1.807, 2.05) is 80.7 Å². The van der Waals surface area contributed by atoms with Gasteiger partial charge in [0.2, 0.25) is 5.91 Å². The Bertz CT molecular complexity index is 858. The number of nitrogens with zero attached hydrogens (tertiary/aromatic N) is 3. The Morgan fingerprint density at radius 1 is 1.12 bits per heavy atom. The molecule has 134 valence electrons. The lowest BCUT2D eigenvalue weighted by Crippen LogP contribution is -2.42. The predicted molar refractivity (Wildman–Crippen MR) is 101 cm³/mol. The largest absolute Gasteiger partial charge is 0.345 e. The van der Waals surface area contributed by atoms with Gasteiger partial charge in [0.15, 0.2) is 0 Å². The van der Waals surface area contributed by atoms with E-state index >= 15 is 0 Å². The van der Waals surface area contributed by atoms with Crippen molar-refractivity contribution in [3.8, 4) is 5.69 Å². The molecule has 0 saturated heterocycles. The molecule has 0 radical (unpaired) electrons. The highest BCUT2D eigenvalue weighted by Crippen LogP contribution is 2.20. The first-order chi connectivity index (χ1) is 12.5. The van der Waals surface area contributed by atoms with Gasteiger partial charge in [-0.3, -0.25) is 4.79 Å². The number of benzene rings is 2. The highest BCUT2D eigenvalue weighted by molar-refractivity contribution is 5.77. The second-order valence-corrected chi connectivity index (χ2v) is 6.78. The van der Waals surface area contributed by atoms with Gasteiger partial charge >= 0.3 is 0 Å². The highest BCUT2D eigenvalue weighted by atomic mass is 16.1. The van der Waals surface area contributed by atoms with E-state index in [4.69, 9.17) is 5.73 Å². The molecule has 2 aromatic carbocycles. The van der Waals surface area contributed by atoms with Crippen LogP contribution in [0.5, 0.6) is 0 Å². The fourth-order valence-electron chi connectivity index (χ4n) is 2.74. The SMILES string of the molecule is CC(C)(NC(=O)CC(N)c1ccccc1)c1cn(-c2ccccc2)nn1. The Balaban J connectivity index is 1.67. The molecule has 26 heavy (non-hydrogen) atoms. The van der Waals surface area contributed by atoms with Crippen LogP contribution in [0.4, 0.5) is 0 Å². The molecule has 0 bridgehead atoms. The summed E-state index contributed by atoms with van der Waals surface area (Å²) >= 11 is 0. The van der Waals surface area contributed by atoms with Gasteiger partial charge in [0.1, 0.15) is 5.69 Å². The van der Waals surface area contributed by atoms with E-state index in [9.17, 15) is 4.79 Å². The van der Waals surface area contributed by atoms with Crippen molar-refractivity contribution < 1.29 is 4.79 Å². The maximum atomic E-state index is 12.4. The standard InChI is InChI=1S/C20H23N5O/c1-20(2,18-14-25(24-23-18)16-11-7-4-8-12-16)22-19(26)13-17(21)15-9-5-3-6-10-15/h3-12,14,17H,13,21H2,1-2H3,(H,22,26). The van der Waals surface area contributed by atoms with Crippen LogP contribution in [0, 0.1) is 0 Å². The van der Waals surface area contributed by atoms with E-state index in [2.05, 4.69) is 15.6 Å². The van der Waals surface area contributed by atoms with Crippen LogP contribution in [-0.4, -0.2) is 20.9 Å². The first-order valence-corrected chi connectivity index (χ1v) is 8.55. The van der Waals surface area contributed by atoms with Crippen molar-refractivity contribution in [2.75, 3.05) is 0 Å². The Hall–Kier alpha value is -2.99. The third-order valence-corrected chi connectivity index (χ3v) is 4.24. The average molecular weight is 349 g/mol. The van der Waals surface area contributed by atoms with Crippen molar-refractivity contribution in [1.82, 2.24) is 20.3 Å². The minimum atomic E-state index is -0.652. The average Bonchev–Trinajstić information content (AvgIpc) is 3.14. The number of nitrogens with one attached hydrogen (secondary N) is 1. The summed E-state index contributed by atoms with van der Waals surface area (Å²) in [4.78, 5) is 12.4. The minimum Gasteiger partial charge on any atom is -0.345 e. The van der Waals surface area contributed by atoms with Crippen LogP contribution >= 0.6 is 0 Å². The molecule has 0 fully saturated rings. The number of amides is 1. The van der Waals surface area contributed by atoms with E-state index in [0.717, 1.165) is 11.3 Å². The normalized spacial score (nSPS) is 12.6. The molecule has 3 rings (SSSR count). The van der Waals surface area contributed by atoms with Crippen molar-refractivity contribution in [3.63, 3.8) is 0 Å². The summed E-state index contributed by atoms with van der Waals surface area (Å²) in [5.74, 6) is -0.124. The smallest absolute Gasteiger partial charge is 0.222 e. The fraction of sp³-hybridized carbons (Fsp3) is 0.250. The number of rotatable bonds is 6. The number of para-hydroxylation sites is 1. The summed E-state index contributed by atoms with van der Waals surface area (Å²) in [6.07, 6.45) is 2.03. The van der Waals surface area contributed by atoms with Gasteiger partial charge in [-0.25, -0.2) is 4.68 Å². The summed E-state index contributed by atoms with van der Waals surface area (Å²) in [5, 5.41) is 11.4. The third-order valence-electron chi connectivity index (χ3n) is 4.24. The molecule has 0 spiro atoms. The van der Waals surface area contributed by atoms with E-state index < -0.39 is 5.54 Å². The monoisotopic (exact) mass is 349 g/mol. The minimum absolute atomic E-state index is 0.124. The number of aromatic nitrogens is 3. The molecule has 3 N–H and O–H groups in total. The van der Waals surface area contributed by atoms with Crippen molar-refractivity contribution in [3.05, 3.63) is 78.1 Å². The summed E-state index contributed by atoms with van der Waals surface area (Å²) in [7, 11) is 0. The number of hydrogen-bond donors (Lipinski definition) is 2. The van der Waals surface area contributed by atoms with Gasteiger partial charge in [-0.05, 0) is 31.5 Å². The van der Waals surface area contributed by atoms with Crippen LogP contribution in [0.25, 0.3) is 5.69 Å². The molecule has 6 nitrogen and oxygen atoms in total. The summed E-state index contributed by atoms with van der Waals surface area (Å²) in [6, 6.07) is 19.0. The quantitative estimate of drug-likeness (QED) is 0.716. The molecule has 1 aromatic heterocycles.